The Labute approximate surface area is 165 Å². The highest BCUT2D eigenvalue weighted by Crippen LogP contribution is 2.20. The first-order chi connectivity index (χ1) is 13.2. The van der Waals surface area contributed by atoms with E-state index in [2.05, 4.69) is 10.0 Å². The number of benzene rings is 3. The van der Waals surface area contributed by atoms with E-state index in [4.69, 9.17) is 0 Å². The average molecular weight is 394 g/mol. The van der Waals surface area contributed by atoms with Crippen LogP contribution in [0.1, 0.15) is 27.0 Å². The lowest BCUT2D eigenvalue weighted by molar-refractivity contribution is 0.102. The second-order valence-corrected chi connectivity index (χ2v) is 8.43. The first-order valence-corrected chi connectivity index (χ1v) is 10.3. The molecule has 0 bridgehead atoms. The predicted octanol–water partition coefficient (Wildman–Crippen LogP) is 4.66. The van der Waals surface area contributed by atoms with Crippen molar-refractivity contribution in [2.24, 2.45) is 0 Å². The van der Waals surface area contributed by atoms with Crippen molar-refractivity contribution >= 4 is 27.3 Å². The Kier molecular flexibility index (Phi) is 5.51. The molecule has 0 heterocycles. The third-order valence-corrected chi connectivity index (χ3v) is 5.86. The molecule has 0 atom stereocenters. The summed E-state index contributed by atoms with van der Waals surface area (Å²) in [6.07, 6.45) is 0. The Bertz CT molecular complexity index is 1120. The van der Waals surface area contributed by atoms with Gasteiger partial charge in [0, 0.05) is 16.9 Å². The van der Waals surface area contributed by atoms with E-state index in [-0.39, 0.29) is 10.8 Å². The smallest absolute Gasteiger partial charge is 0.261 e. The summed E-state index contributed by atoms with van der Waals surface area (Å²) in [5, 5.41) is 2.77. The summed E-state index contributed by atoms with van der Waals surface area (Å²) in [4.78, 5) is 12.4. The van der Waals surface area contributed by atoms with Gasteiger partial charge in [-0.05, 0) is 80.4 Å². The fraction of sp³-hybridized carbons (Fsp3) is 0.136. The quantitative estimate of drug-likeness (QED) is 0.661. The summed E-state index contributed by atoms with van der Waals surface area (Å²) in [5.74, 6) is -0.243. The van der Waals surface area contributed by atoms with E-state index in [1.54, 1.807) is 36.4 Å². The van der Waals surface area contributed by atoms with Gasteiger partial charge < -0.3 is 5.32 Å². The van der Waals surface area contributed by atoms with E-state index in [0.717, 1.165) is 16.7 Å². The molecule has 0 saturated carbocycles. The lowest BCUT2D eigenvalue weighted by atomic mass is 10.1. The van der Waals surface area contributed by atoms with Crippen LogP contribution in [0.2, 0.25) is 0 Å². The number of amides is 1. The molecule has 0 spiro atoms. The van der Waals surface area contributed by atoms with Crippen molar-refractivity contribution in [3.05, 3.63) is 89.0 Å². The first-order valence-electron chi connectivity index (χ1n) is 8.83. The molecule has 6 heteroatoms. The molecule has 0 saturated heterocycles. The van der Waals surface area contributed by atoms with Gasteiger partial charge >= 0.3 is 0 Å². The highest BCUT2D eigenvalue weighted by Gasteiger charge is 2.15. The zero-order valence-electron chi connectivity index (χ0n) is 16.0. The van der Waals surface area contributed by atoms with Crippen LogP contribution < -0.4 is 10.0 Å². The molecule has 0 aliphatic heterocycles. The SMILES string of the molecule is Cc1cccc(C(=O)Nc2ccc(S(=O)(=O)Nc3ccc(C)c(C)c3)cc2)c1. The molecule has 0 aromatic heterocycles. The number of sulfonamides is 1. The monoisotopic (exact) mass is 394 g/mol. The lowest BCUT2D eigenvalue weighted by Crippen LogP contribution is -2.14. The molecule has 2 N–H and O–H groups in total. The van der Waals surface area contributed by atoms with Crippen LogP contribution in [-0.4, -0.2) is 14.3 Å². The molecule has 5 nitrogen and oxygen atoms in total. The van der Waals surface area contributed by atoms with Gasteiger partial charge in [-0.1, -0.05) is 23.8 Å². The maximum absolute atomic E-state index is 12.6. The van der Waals surface area contributed by atoms with E-state index in [1.165, 1.54) is 12.1 Å². The summed E-state index contributed by atoms with van der Waals surface area (Å²) in [7, 11) is -3.71. The molecular formula is C22H22N2O3S. The minimum atomic E-state index is -3.71. The van der Waals surface area contributed by atoms with Crippen molar-refractivity contribution in [3.63, 3.8) is 0 Å². The molecule has 0 radical (unpaired) electrons. The Hall–Kier alpha value is -3.12. The van der Waals surface area contributed by atoms with Crippen molar-refractivity contribution < 1.29 is 13.2 Å². The second kappa shape index (κ2) is 7.86. The zero-order chi connectivity index (χ0) is 20.3. The largest absolute Gasteiger partial charge is 0.322 e. The van der Waals surface area contributed by atoms with Crippen molar-refractivity contribution in [1.29, 1.82) is 0 Å². The minimum absolute atomic E-state index is 0.124. The molecule has 0 fully saturated rings. The molecular weight excluding hydrogens is 372 g/mol. The van der Waals surface area contributed by atoms with Gasteiger partial charge in [0.2, 0.25) is 0 Å². The fourth-order valence-corrected chi connectivity index (χ4v) is 3.78. The molecule has 3 aromatic carbocycles. The molecule has 3 aromatic rings. The normalized spacial score (nSPS) is 11.1. The zero-order valence-corrected chi connectivity index (χ0v) is 16.8. The van der Waals surface area contributed by atoms with Crippen molar-refractivity contribution in [1.82, 2.24) is 0 Å². The number of hydrogen-bond donors (Lipinski definition) is 2. The number of hydrogen-bond acceptors (Lipinski definition) is 3. The van der Waals surface area contributed by atoms with E-state index in [1.807, 2.05) is 39.0 Å². The number of nitrogens with one attached hydrogen (secondary N) is 2. The van der Waals surface area contributed by atoms with Gasteiger partial charge in [-0.15, -0.1) is 0 Å². The molecule has 0 aliphatic rings. The van der Waals surface area contributed by atoms with Crippen molar-refractivity contribution in [2.75, 3.05) is 10.0 Å². The van der Waals surface area contributed by atoms with Gasteiger partial charge in [0.15, 0.2) is 0 Å². The Morgan fingerprint density at radius 2 is 1.46 bits per heavy atom. The minimum Gasteiger partial charge on any atom is -0.322 e. The second-order valence-electron chi connectivity index (χ2n) is 6.75. The van der Waals surface area contributed by atoms with Crippen LogP contribution >= 0.6 is 0 Å². The van der Waals surface area contributed by atoms with Crippen LogP contribution in [0.4, 0.5) is 11.4 Å². The van der Waals surface area contributed by atoms with Gasteiger partial charge in [0.25, 0.3) is 15.9 Å². The van der Waals surface area contributed by atoms with Crippen LogP contribution in [0.25, 0.3) is 0 Å². The van der Waals surface area contributed by atoms with Crippen LogP contribution in [0, 0.1) is 20.8 Å². The molecule has 0 unspecified atom stereocenters. The van der Waals surface area contributed by atoms with Crippen LogP contribution in [0.3, 0.4) is 0 Å². The van der Waals surface area contributed by atoms with Gasteiger partial charge in [-0.25, -0.2) is 8.42 Å². The van der Waals surface area contributed by atoms with Gasteiger partial charge in [-0.2, -0.15) is 0 Å². The highest BCUT2D eigenvalue weighted by molar-refractivity contribution is 7.92. The maximum atomic E-state index is 12.6. The number of aryl methyl sites for hydroxylation is 3. The summed E-state index contributed by atoms with van der Waals surface area (Å²) in [5.41, 5.74) is 4.68. The molecule has 144 valence electrons. The Balaban J connectivity index is 1.74. The maximum Gasteiger partial charge on any atom is 0.261 e. The molecule has 28 heavy (non-hydrogen) atoms. The van der Waals surface area contributed by atoms with Crippen LogP contribution in [0.5, 0.6) is 0 Å². The molecule has 3 rings (SSSR count). The van der Waals surface area contributed by atoms with E-state index < -0.39 is 10.0 Å². The van der Waals surface area contributed by atoms with E-state index >= 15 is 0 Å². The summed E-state index contributed by atoms with van der Waals surface area (Å²) in [6, 6.07) is 18.7. The first kappa shape index (κ1) is 19.6. The van der Waals surface area contributed by atoms with Crippen molar-refractivity contribution in [2.45, 2.75) is 25.7 Å². The molecule has 0 aliphatic carbocycles. The van der Waals surface area contributed by atoms with Crippen LogP contribution in [0.15, 0.2) is 71.6 Å². The van der Waals surface area contributed by atoms with E-state index in [9.17, 15) is 13.2 Å². The topological polar surface area (TPSA) is 75.3 Å². The highest BCUT2D eigenvalue weighted by atomic mass is 32.2. The summed E-state index contributed by atoms with van der Waals surface area (Å²) < 4.78 is 27.8. The van der Waals surface area contributed by atoms with Crippen LogP contribution in [-0.2, 0) is 10.0 Å². The summed E-state index contributed by atoms with van der Waals surface area (Å²) >= 11 is 0. The summed E-state index contributed by atoms with van der Waals surface area (Å²) in [6.45, 7) is 5.81. The van der Waals surface area contributed by atoms with Gasteiger partial charge in [-0.3, -0.25) is 9.52 Å². The number of rotatable bonds is 5. The predicted molar refractivity (Wildman–Crippen MR) is 112 cm³/mol. The number of carbonyl (C=O) groups excluding carboxylic acids is 1. The van der Waals surface area contributed by atoms with E-state index in [0.29, 0.717) is 16.9 Å². The number of anilines is 2. The Morgan fingerprint density at radius 1 is 0.786 bits per heavy atom. The molecule has 1 amide bonds. The Morgan fingerprint density at radius 3 is 2.11 bits per heavy atom. The average Bonchev–Trinajstić information content (AvgIpc) is 2.65. The van der Waals surface area contributed by atoms with Crippen molar-refractivity contribution in [3.8, 4) is 0 Å². The van der Waals surface area contributed by atoms with Gasteiger partial charge in [0.1, 0.15) is 0 Å². The van der Waals surface area contributed by atoms with Gasteiger partial charge in [0.05, 0.1) is 4.90 Å². The number of carbonyl (C=O) groups is 1. The third kappa shape index (κ3) is 4.58. The lowest BCUT2D eigenvalue weighted by Gasteiger charge is -2.11. The fourth-order valence-electron chi connectivity index (χ4n) is 2.73. The third-order valence-electron chi connectivity index (χ3n) is 4.46. The standard InChI is InChI=1S/C22H22N2O3S/c1-15-5-4-6-18(13-15)22(25)23-19-9-11-21(12-10-19)28(26,27)24-20-8-7-16(2)17(3)14-20/h4-14,24H,1-3H3,(H,23,25).